The van der Waals surface area contributed by atoms with Crippen LogP contribution in [0.25, 0.3) is 11.4 Å². The van der Waals surface area contributed by atoms with Crippen LogP contribution in [0.1, 0.15) is 27.7 Å². The average molecular weight is 333 g/mol. The maximum Gasteiger partial charge on any atom is 0.191 e. The topological polar surface area (TPSA) is 57.0 Å². The fourth-order valence-electron chi connectivity index (χ4n) is 1.98. The fraction of sp³-hybridized carbons (Fsp3) is 0.471. The van der Waals surface area contributed by atoms with Crippen LogP contribution in [-0.2, 0) is 11.3 Å². The Morgan fingerprint density at radius 1 is 1.22 bits per heavy atom. The molecule has 0 aliphatic heterocycles. The predicted octanol–water partition coefficient (Wildman–Crippen LogP) is 3.68. The van der Waals surface area contributed by atoms with E-state index in [1.807, 2.05) is 56.5 Å². The van der Waals surface area contributed by atoms with E-state index in [2.05, 4.69) is 10.2 Å². The summed E-state index contributed by atoms with van der Waals surface area (Å²) in [5.74, 6) is 2.23. The normalized spacial score (nSPS) is 11.5. The average Bonchev–Trinajstić information content (AvgIpc) is 2.94. The van der Waals surface area contributed by atoms with Crippen LogP contribution in [0.3, 0.4) is 0 Å². The molecule has 0 aliphatic rings. The number of benzene rings is 1. The highest BCUT2D eigenvalue weighted by molar-refractivity contribution is 7.99. The van der Waals surface area contributed by atoms with Gasteiger partial charge in [0.25, 0.3) is 0 Å². The van der Waals surface area contributed by atoms with Gasteiger partial charge in [-0.15, -0.1) is 10.2 Å². The molecule has 1 heterocycles. The number of carbonyl (C=O) groups excluding carboxylic acids is 1. The minimum atomic E-state index is -0.330. The van der Waals surface area contributed by atoms with Gasteiger partial charge in [0.2, 0.25) is 0 Å². The van der Waals surface area contributed by atoms with Crippen molar-refractivity contribution in [3.05, 3.63) is 24.3 Å². The second kappa shape index (κ2) is 7.17. The highest BCUT2D eigenvalue weighted by Crippen LogP contribution is 2.27. The second-order valence-electron chi connectivity index (χ2n) is 6.24. The summed E-state index contributed by atoms with van der Waals surface area (Å²) in [6.07, 6.45) is 0. The molecule has 0 spiro atoms. The molecule has 0 atom stereocenters. The van der Waals surface area contributed by atoms with Crippen LogP contribution in [0.5, 0.6) is 5.75 Å². The van der Waals surface area contributed by atoms with Gasteiger partial charge in [-0.3, -0.25) is 4.79 Å². The second-order valence-corrected chi connectivity index (χ2v) is 7.18. The molecule has 0 unspecified atom stereocenters. The first-order valence-corrected chi connectivity index (χ1v) is 8.59. The summed E-state index contributed by atoms with van der Waals surface area (Å²) in [6, 6.07) is 7.73. The number of carbonyl (C=O) groups is 1. The van der Waals surface area contributed by atoms with Crippen molar-refractivity contribution in [3.8, 4) is 17.1 Å². The van der Waals surface area contributed by atoms with Crippen LogP contribution in [-0.4, -0.2) is 33.4 Å². The zero-order valence-electron chi connectivity index (χ0n) is 14.3. The zero-order valence-corrected chi connectivity index (χ0v) is 15.1. The van der Waals surface area contributed by atoms with E-state index < -0.39 is 0 Å². The largest absolute Gasteiger partial charge is 0.497 e. The smallest absolute Gasteiger partial charge is 0.191 e. The SMILES string of the molecule is CCn1c(SCC(=O)C(C)(C)C)nnc1-c1ccc(OC)cc1. The van der Waals surface area contributed by atoms with Crippen LogP contribution >= 0.6 is 11.8 Å². The van der Waals surface area contributed by atoms with Crippen LogP contribution in [0.2, 0.25) is 0 Å². The van der Waals surface area contributed by atoms with Gasteiger partial charge in [0.1, 0.15) is 11.5 Å². The standard InChI is InChI=1S/C17H23N3O2S/c1-6-20-15(12-7-9-13(22-5)10-8-12)18-19-16(20)23-11-14(21)17(2,3)4/h7-10H,6,11H2,1-5H3. The summed E-state index contributed by atoms with van der Waals surface area (Å²) in [4.78, 5) is 12.1. The van der Waals surface area contributed by atoms with Crippen LogP contribution in [0.4, 0.5) is 0 Å². The number of aromatic nitrogens is 3. The Labute approximate surface area is 141 Å². The molecule has 0 aliphatic carbocycles. The summed E-state index contributed by atoms with van der Waals surface area (Å²) < 4.78 is 7.21. The first kappa shape index (κ1) is 17.5. The third-order valence-corrected chi connectivity index (χ3v) is 4.52. The quantitative estimate of drug-likeness (QED) is 0.755. The molecule has 0 saturated heterocycles. The van der Waals surface area contributed by atoms with Crippen LogP contribution in [0.15, 0.2) is 29.4 Å². The monoisotopic (exact) mass is 333 g/mol. The molecule has 0 radical (unpaired) electrons. The van der Waals surface area contributed by atoms with Crippen molar-refractivity contribution in [2.45, 2.75) is 39.4 Å². The lowest BCUT2D eigenvalue weighted by Gasteiger charge is -2.15. The van der Waals surface area contributed by atoms with E-state index >= 15 is 0 Å². The van der Waals surface area contributed by atoms with Crippen LogP contribution < -0.4 is 4.74 Å². The zero-order chi connectivity index (χ0) is 17.0. The lowest BCUT2D eigenvalue weighted by atomic mass is 9.92. The Balaban J connectivity index is 2.20. The van der Waals surface area contributed by atoms with E-state index in [9.17, 15) is 4.79 Å². The van der Waals surface area contributed by atoms with E-state index in [4.69, 9.17) is 4.74 Å². The molecule has 1 aromatic carbocycles. The molecule has 0 amide bonds. The Kier molecular flexibility index (Phi) is 5.46. The Morgan fingerprint density at radius 3 is 2.39 bits per heavy atom. The minimum absolute atomic E-state index is 0.208. The van der Waals surface area contributed by atoms with Gasteiger partial charge in [-0.05, 0) is 31.2 Å². The number of rotatable bonds is 6. The first-order valence-electron chi connectivity index (χ1n) is 7.60. The van der Waals surface area contributed by atoms with Gasteiger partial charge in [0.15, 0.2) is 11.0 Å². The minimum Gasteiger partial charge on any atom is -0.497 e. The molecule has 0 fully saturated rings. The summed E-state index contributed by atoms with van der Waals surface area (Å²) in [5.41, 5.74) is 0.650. The first-order chi connectivity index (χ1) is 10.9. The van der Waals surface area contributed by atoms with E-state index in [1.54, 1.807) is 7.11 Å². The Hall–Kier alpha value is -1.82. The van der Waals surface area contributed by atoms with Crippen molar-refractivity contribution < 1.29 is 9.53 Å². The lowest BCUT2D eigenvalue weighted by Crippen LogP contribution is -2.22. The Bertz CT molecular complexity index is 672. The third-order valence-electron chi connectivity index (χ3n) is 3.55. The third kappa shape index (κ3) is 4.13. The van der Waals surface area contributed by atoms with E-state index in [0.717, 1.165) is 28.8 Å². The van der Waals surface area contributed by atoms with E-state index in [1.165, 1.54) is 11.8 Å². The van der Waals surface area contributed by atoms with Gasteiger partial charge in [0, 0.05) is 17.5 Å². The van der Waals surface area contributed by atoms with Crippen molar-refractivity contribution in [1.82, 2.24) is 14.8 Å². The number of ether oxygens (including phenoxy) is 1. The van der Waals surface area contributed by atoms with Gasteiger partial charge in [-0.25, -0.2) is 0 Å². The summed E-state index contributed by atoms with van der Waals surface area (Å²) in [5, 5.41) is 9.32. The lowest BCUT2D eigenvalue weighted by molar-refractivity contribution is -0.123. The number of hydrogen-bond acceptors (Lipinski definition) is 5. The van der Waals surface area contributed by atoms with Crippen molar-refractivity contribution in [2.75, 3.05) is 12.9 Å². The number of methoxy groups -OCH3 is 1. The van der Waals surface area contributed by atoms with Gasteiger partial charge < -0.3 is 9.30 Å². The van der Waals surface area contributed by atoms with Crippen molar-refractivity contribution in [3.63, 3.8) is 0 Å². The van der Waals surface area contributed by atoms with Crippen LogP contribution in [0, 0.1) is 5.41 Å². The molecule has 124 valence electrons. The van der Waals surface area contributed by atoms with Gasteiger partial charge >= 0.3 is 0 Å². The summed E-state index contributed by atoms with van der Waals surface area (Å²) in [6.45, 7) is 8.60. The maximum atomic E-state index is 12.1. The highest BCUT2D eigenvalue weighted by Gasteiger charge is 2.22. The summed E-state index contributed by atoms with van der Waals surface area (Å²) >= 11 is 1.44. The molecule has 0 N–H and O–H groups in total. The highest BCUT2D eigenvalue weighted by atomic mass is 32.2. The molecule has 5 nitrogen and oxygen atoms in total. The fourth-order valence-corrected chi connectivity index (χ4v) is 3.14. The Morgan fingerprint density at radius 2 is 1.87 bits per heavy atom. The van der Waals surface area contributed by atoms with E-state index in [0.29, 0.717) is 5.75 Å². The molecular formula is C17H23N3O2S. The molecule has 6 heteroatoms. The molecule has 2 aromatic rings. The van der Waals surface area contributed by atoms with Crippen molar-refractivity contribution in [2.24, 2.45) is 5.41 Å². The number of Topliss-reactive ketones (excluding diaryl/α,β-unsaturated/α-hetero) is 1. The molecule has 1 aromatic heterocycles. The molecular weight excluding hydrogens is 310 g/mol. The predicted molar refractivity (Wildman–Crippen MR) is 92.9 cm³/mol. The van der Waals surface area contributed by atoms with E-state index in [-0.39, 0.29) is 11.2 Å². The van der Waals surface area contributed by atoms with Gasteiger partial charge in [0.05, 0.1) is 12.9 Å². The number of hydrogen-bond donors (Lipinski definition) is 0. The molecule has 23 heavy (non-hydrogen) atoms. The number of nitrogens with zero attached hydrogens (tertiary/aromatic N) is 3. The number of ketones is 1. The summed E-state index contributed by atoms with van der Waals surface area (Å²) in [7, 11) is 1.64. The van der Waals surface area contributed by atoms with Gasteiger partial charge in [-0.1, -0.05) is 32.5 Å². The van der Waals surface area contributed by atoms with Crippen molar-refractivity contribution in [1.29, 1.82) is 0 Å². The number of thioether (sulfide) groups is 1. The van der Waals surface area contributed by atoms with Crippen molar-refractivity contribution >= 4 is 17.5 Å². The molecule has 0 saturated carbocycles. The maximum absolute atomic E-state index is 12.1. The molecule has 0 bridgehead atoms. The van der Waals surface area contributed by atoms with Gasteiger partial charge in [-0.2, -0.15) is 0 Å². The molecule has 2 rings (SSSR count).